The maximum atomic E-state index is 10.1. The van der Waals surface area contributed by atoms with Crippen molar-refractivity contribution in [2.45, 2.75) is 45.6 Å². The van der Waals surface area contributed by atoms with Crippen LogP contribution in [0.25, 0.3) is 0 Å². The Morgan fingerprint density at radius 1 is 1.43 bits per heavy atom. The van der Waals surface area contributed by atoms with Crippen LogP contribution in [0.15, 0.2) is 12.2 Å². The van der Waals surface area contributed by atoms with Gasteiger partial charge in [0.15, 0.2) is 0 Å². The Morgan fingerprint density at radius 2 is 2.14 bits per heavy atom. The number of ether oxygens (including phenoxy) is 1. The number of unbranched alkanes of at least 4 members (excludes halogenated alkanes) is 1. The fraction of sp³-hybridized carbons (Fsp3) is 0.750. The molecule has 2 nitrogen and oxygen atoms in total. The molecule has 0 rings (SSSR count). The van der Waals surface area contributed by atoms with E-state index >= 15 is 0 Å². The molecule has 2 heteroatoms. The van der Waals surface area contributed by atoms with E-state index in [1.165, 1.54) is 19.3 Å². The van der Waals surface area contributed by atoms with E-state index in [1.807, 2.05) is 6.08 Å². The highest BCUT2D eigenvalue weighted by Crippen LogP contribution is 2.17. The first-order chi connectivity index (χ1) is 6.76. The number of hydrogen-bond donors (Lipinski definition) is 0. The van der Waals surface area contributed by atoms with Crippen LogP contribution in [0.4, 0.5) is 0 Å². The van der Waals surface area contributed by atoms with Crippen LogP contribution in [0.5, 0.6) is 0 Å². The molecule has 14 heavy (non-hydrogen) atoms. The molecule has 0 aromatic carbocycles. The summed E-state index contributed by atoms with van der Waals surface area (Å²) in [5, 5.41) is 0. The minimum Gasteiger partial charge on any atom is -0.381 e. The van der Waals surface area contributed by atoms with Gasteiger partial charge in [0.05, 0.1) is 6.10 Å². The lowest BCUT2D eigenvalue weighted by Gasteiger charge is -2.21. The van der Waals surface area contributed by atoms with Crippen molar-refractivity contribution < 1.29 is 9.53 Å². The number of methoxy groups -OCH3 is 1. The summed E-state index contributed by atoms with van der Waals surface area (Å²) in [7, 11) is 1.74. The number of aldehydes is 1. The van der Waals surface area contributed by atoms with Crippen LogP contribution in [-0.4, -0.2) is 19.5 Å². The number of hydrogen-bond acceptors (Lipinski definition) is 2. The normalized spacial score (nSPS) is 15.6. The third-order valence-corrected chi connectivity index (χ3v) is 2.53. The predicted octanol–water partition coefficient (Wildman–Crippen LogP) is 2.97. The zero-order valence-electron chi connectivity index (χ0n) is 9.53. The summed E-state index contributed by atoms with van der Waals surface area (Å²) < 4.78 is 5.39. The molecule has 0 bridgehead atoms. The lowest BCUT2D eigenvalue weighted by molar-refractivity contribution is -0.104. The lowest BCUT2D eigenvalue weighted by atomic mass is 9.95. The number of carbonyl (C=O) groups is 1. The van der Waals surface area contributed by atoms with Gasteiger partial charge in [0.1, 0.15) is 6.29 Å². The Kier molecular flexibility index (Phi) is 8.54. The molecule has 0 N–H and O–H groups in total. The second-order valence-corrected chi connectivity index (χ2v) is 3.69. The molecular formula is C12H22O2. The van der Waals surface area contributed by atoms with E-state index in [0.717, 1.165) is 12.7 Å². The maximum absolute atomic E-state index is 10.1. The number of allylic oxidation sites excluding steroid dienone is 1. The topological polar surface area (TPSA) is 26.3 Å². The van der Waals surface area contributed by atoms with Crippen LogP contribution in [-0.2, 0) is 9.53 Å². The molecule has 0 aliphatic heterocycles. The van der Waals surface area contributed by atoms with E-state index in [4.69, 9.17) is 4.74 Å². The summed E-state index contributed by atoms with van der Waals surface area (Å²) in [6.07, 6.45) is 8.98. The standard InChI is InChI=1S/C12H22O2/c1-4-5-8-11(2)12(14-3)9-6-7-10-13/h6-7,10-12H,4-5,8-9H2,1-3H3/b7-6+. The first-order valence-electron chi connectivity index (χ1n) is 5.39. The van der Waals surface area contributed by atoms with E-state index in [2.05, 4.69) is 13.8 Å². The van der Waals surface area contributed by atoms with Crippen LogP contribution < -0.4 is 0 Å². The van der Waals surface area contributed by atoms with E-state index in [1.54, 1.807) is 13.2 Å². The molecule has 82 valence electrons. The lowest BCUT2D eigenvalue weighted by Crippen LogP contribution is -2.19. The van der Waals surface area contributed by atoms with Gasteiger partial charge in [0.2, 0.25) is 0 Å². The zero-order chi connectivity index (χ0) is 10.8. The number of rotatable bonds is 8. The summed E-state index contributed by atoms with van der Waals surface area (Å²) >= 11 is 0. The quantitative estimate of drug-likeness (QED) is 0.443. The molecule has 2 unspecified atom stereocenters. The van der Waals surface area contributed by atoms with Crippen LogP contribution in [0.2, 0.25) is 0 Å². The Hall–Kier alpha value is -0.630. The van der Waals surface area contributed by atoms with Gasteiger partial charge in [0, 0.05) is 7.11 Å². The summed E-state index contributed by atoms with van der Waals surface area (Å²) in [5.41, 5.74) is 0. The third kappa shape index (κ3) is 5.92. The summed E-state index contributed by atoms with van der Waals surface area (Å²) in [6, 6.07) is 0. The summed E-state index contributed by atoms with van der Waals surface area (Å²) in [4.78, 5) is 10.1. The van der Waals surface area contributed by atoms with Gasteiger partial charge in [-0.2, -0.15) is 0 Å². The van der Waals surface area contributed by atoms with E-state index in [9.17, 15) is 4.79 Å². The van der Waals surface area contributed by atoms with Gasteiger partial charge in [-0.25, -0.2) is 0 Å². The highest BCUT2D eigenvalue weighted by atomic mass is 16.5. The van der Waals surface area contributed by atoms with Crippen molar-refractivity contribution in [1.29, 1.82) is 0 Å². The molecule has 0 spiro atoms. The third-order valence-electron chi connectivity index (χ3n) is 2.53. The fourth-order valence-electron chi connectivity index (χ4n) is 1.54. The van der Waals surface area contributed by atoms with Gasteiger partial charge >= 0.3 is 0 Å². The minimum absolute atomic E-state index is 0.248. The average Bonchev–Trinajstić information content (AvgIpc) is 2.21. The molecule has 0 aliphatic carbocycles. The molecule has 0 saturated heterocycles. The van der Waals surface area contributed by atoms with E-state index in [0.29, 0.717) is 5.92 Å². The van der Waals surface area contributed by atoms with Gasteiger partial charge in [-0.15, -0.1) is 0 Å². The van der Waals surface area contributed by atoms with Gasteiger partial charge in [-0.05, 0) is 24.8 Å². The van der Waals surface area contributed by atoms with Crippen LogP contribution >= 0.6 is 0 Å². The van der Waals surface area contributed by atoms with Gasteiger partial charge < -0.3 is 4.74 Å². The number of carbonyl (C=O) groups excluding carboxylic acids is 1. The Balaban J connectivity index is 3.85. The van der Waals surface area contributed by atoms with Gasteiger partial charge in [-0.3, -0.25) is 4.79 Å². The highest BCUT2D eigenvalue weighted by molar-refractivity contribution is 5.64. The first kappa shape index (κ1) is 13.4. The first-order valence-corrected chi connectivity index (χ1v) is 5.39. The largest absolute Gasteiger partial charge is 0.381 e. The second kappa shape index (κ2) is 8.95. The molecule has 2 atom stereocenters. The fourth-order valence-corrected chi connectivity index (χ4v) is 1.54. The molecule has 0 aromatic rings. The van der Waals surface area contributed by atoms with E-state index in [-0.39, 0.29) is 6.10 Å². The van der Waals surface area contributed by atoms with Gasteiger partial charge in [-0.1, -0.05) is 32.8 Å². The Morgan fingerprint density at radius 3 is 2.64 bits per heavy atom. The van der Waals surface area contributed by atoms with Crippen molar-refractivity contribution in [3.63, 3.8) is 0 Å². The van der Waals surface area contributed by atoms with Crippen LogP contribution in [0.1, 0.15) is 39.5 Å². The molecule has 0 saturated carbocycles. The minimum atomic E-state index is 0.248. The maximum Gasteiger partial charge on any atom is 0.142 e. The summed E-state index contributed by atoms with van der Waals surface area (Å²) in [5.74, 6) is 0.566. The molecule has 0 radical (unpaired) electrons. The van der Waals surface area contributed by atoms with Crippen LogP contribution in [0, 0.1) is 5.92 Å². The smallest absolute Gasteiger partial charge is 0.142 e. The SMILES string of the molecule is CCCCC(C)C(C/C=C/C=O)OC. The van der Waals surface area contributed by atoms with Crippen molar-refractivity contribution in [2.24, 2.45) is 5.92 Å². The molecular weight excluding hydrogens is 176 g/mol. The Labute approximate surface area is 87.3 Å². The zero-order valence-corrected chi connectivity index (χ0v) is 9.53. The van der Waals surface area contributed by atoms with Gasteiger partial charge in [0.25, 0.3) is 0 Å². The van der Waals surface area contributed by atoms with E-state index < -0.39 is 0 Å². The molecule has 0 aromatic heterocycles. The average molecular weight is 198 g/mol. The molecule has 0 fully saturated rings. The summed E-state index contributed by atoms with van der Waals surface area (Å²) in [6.45, 7) is 4.40. The highest BCUT2D eigenvalue weighted by Gasteiger charge is 2.14. The monoisotopic (exact) mass is 198 g/mol. The molecule has 0 aliphatic rings. The second-order valence-electron chi connectivity index (χ2n) is 3.69. The molecule has 0 heterocycles. The predicted molar refractivity (Wildman–Crippen MR) is 59.3 cm³/mol. The van der Waals surface area contributed by atoms with Crippen LogP contribution in [0.3, 0.4) is 0 Å². The van der Waals surface area contributed by atoms with Crippen molar-refractivity contribution >= 4 is 6.29 Å². The van der Waals surface area contributed by atoms with Crippen molar-refractivity contribution in [3.05, 3.63) is 12.2 Å². The Bertz CT molecular complexity index is 164. The van der Waals surface area contributed by atoms with Crippen molar-refractivity contribution in [3.8, 4) is 0 Å². The molecule has 0 amide bonds. The van der Waals surface area contributed by atoms with Crippen molar-refractivity contribution in [2.75, 3.05) is 7.11 Å². The van der Waals surface area contributed by atoms with Crippen molar-refractivity contribution in [1.82, 2.24) is 0 Å².